The Labute approximate surface area is 127 Å². The maximum Gasteiger partial charge on any atom is 0.211 e. The minimum absolute atomic E-state index is 0.102. The summed E-state index contributed by atoms with van der Waals surface area (Å²) in [5.41, 5.74) is 13.4. The molecule has 1 heterocycles. The van der Waals surface area contributed by atoms with Gasteiger partial charge in [0.05, 0.1) is 5.71 Å². The summed E-state index contributed by atoms with van der Waals surface area (Å²) in [6, 6.07) is 11.8. The van der Waals surface area contributed by atoms with Crippen molar-refractivity contribution in [3.05, 3.63) is 59.0 Å². The number of nitrogens with two attached hydrogens (primary N) is 2. The second-order valence-corrected chi connectivity index (χ2v) is 5.19. The Kier molecular flexibility index (Phi) is 3.74. The third kappa shape index (κ3) is 2.76. The number of guanidine groups is 1. The van der Waals surface area contributed by atoms with E-state index in [9.17, 15) is 4.79 Å². The molecule has 0 saturated heterocycles. The lowest BCUT2D eigenvalue weighted by Gasteiger charge is -2.22. The number of hydrogen-bond acceptors (Lipinski definition) is 4. The minimum Gasteiger partial charge on any atom is -0.458 e. The fourth-order valence-corrected chi connectivity index (χ4v) is 2.72. The summed E-state index contributed by atoms with van der Waals surface area (Å²) in [5, 5.41) is 7.87. The van der Waals surface area contributed by atoms with Crippen molar-refractivity contribution in [1.82, 2.24) is 0 Å². The molecule has 0 bridgehead atoms. The van der Waals surface area contributed by atoms with Crippen LogP contribution in [0.5, 0.6) is 0 Å². The average Bonchev–Trinajstić information content (AvgIpc) is 2.96. The Morgan fingerprint density at radius 3 is 2.68 bits per heavy atom. The number of fused-ring (bicyclic) bond motifs is 1. The van der Waals surface area contributed by atoms with Crippen LogP contribution in [0.1, 0.15) is 39.8 Å². The maximum atomic E-state index is 10.9. The summed E-state index contributed by atoms with van der Waals surface area (Å²) >= 11 is 0. The molecule has 0 saturated carbocycles. The topological polar surface area (TPSA) is 107 Å². The number of carbonyl (C=O) groups is 1. The van der Waals surface area contributed by atoms with Gasteiger partial charge >= 0.3 is 0 Å². The van der Waals surface area contributed by atoms with Crippen molar-refractivity contribution < 1.29 is 9.21 Å². The molecule has 1 aromatic carbocycles. The molecule has 0 fully saturated rings. The molecule has 1 aliphatic carbocycles. The standard InChI is InChI=1S/C16H16N4O2/c17-16(18)20-19-14-6-11(10-4-2-1-3-5-10)7-15-13(14)8-12(9-21)22-15/h1-5,8-9,11H,6-7H2,(H4,17,18,20). The highest BCUT2D eigenvalue weighted by Crippen LogP contribution is 2.34. The van der Waals surface area contributed by atoms with Gasteiger partial charge < -0.3 is 15.9 Å². The summed E-state index contributed by atoms with van der Waals surface area (Å²) in [6.07, 6.45) is 2.09. The predicted octanol–water partition coefficient (Wildman–Crippen LogP) is 1.80. The van der Waals surface area contributed by atoms with Gasteiger partial charge in [0, 0.05) is 12.0 Å². The second-order valence-electron chi connectivity index (χ2n) is 5.19. The van der Waals surface area contributed by atoms with Crippen molar-refractivity contribution >= 4 is 18.0 Å². The van der Waals surface area contributed by atoms with Crippen LogP contribution in [0.2, 0.25) is 0 Å². The Morgan fingerprint density at radius 1 is 1.23 bits per heavy atom. The highest BCUT2D eigenvalue weighted by molar-refractivity contribution is 6.04. The fraction of sp³-hybridized carbons (Fsp3) is 0.188. The average molecular weight is 296 g/mol. The van der Waals surface area contributed by atoms with Crippen LogP contribution in [0.25, 0.3) is 0 Å². The third-order valence-electron chi connectivity index (χ3n) is 3.68. The number of aldehydes is 1. The van der Waals surface area contributed by atoms with Gasteiger partial charge in [0.1, 0.15) is 5.76 Å². The van der Waals surface area contributed by atoms with E-state index in [1.165, 1.54) is 5.56 Å². The molecule has 6 nitrogen and oxygen atoms in total. The Morgan fingerprint density at radius 2 is 2.00 bits per heavy atom. The van der Waals surface area contributed by atoms with Gasteiger partial charge in [-0.05, 0) is 24.0 Å². The van der Waals surface area contributed by atoms with Gasteiger partial charge in [0.25, 0.3) is 0 Å². The molecule has 1 atom stereocenters. The van der Waals surface area contributed by atoms with E-state index < -0.39 is 0 Å². The second kappa shape index (κ2) is 5.85. The lowest BCUT2D eigenvalue weighted by molar-refractivity contribution is 0.109. The van der Waals surface area contributed by atoms with Crippen LogP contribution < -0.4 is 11.5 Å². The molecule has 0 radical (unpaired) electrons. The number of carbonyl (C=O) groups excluding carboxylic acids is 1. The van der Waals surface area contributed by atoms with Crippen LogP contribution >= 0.6 is 0 Å². The van der Waals surface area contributed by atoms with Gasteiger partial charge in [-0.25, -0.2) is 0 Å². The van der Waals surface area contributed by atoms with Gasteiger partial charge in [-0.1, -0.05) is 30.3 Å². The van der Waals surface area contributed by atoms with Crippen LogP contribution in [-0.2, 0) is 6.42 Å². The molecular formula is C16H16N4O2. The van der Waals surface area contributed by atoms with Crippen molar-refractivity contribution in [2.75, 3.05) is 0 Å². The normalized spacial score (nSPS) is 18.7. The van der Waals surface area contributed by atoms with E-state index in [4.69, 9.17) is 15.9 Å². The summed E-state index contributed by atoms with van der Waals surface area (Å²) in [5.74, 6) is 1.14. The Hall–Kier alpha value is -2.89. The highest BCUT2D eigenvalue weighted by Gasteiger charge is 2.28. The Balaban J connectivity index is 2.02. The van der Waals surface area contributed by atoms with E-state index in [2.05, 4.69) is 22.3 Å². The highest BCUT2D eigenvalue weighted by atomic mass is 16.3. The quantitative estimate of drug-likeness (QED) is 0.389. The molecule has 0 amide bonds. The monoisotopic (exact) mass is 296 g/mol. The number of rotatable bonds is 3. The molecule has 1 aliphatic rings. The minimum atomic E-state index is -0.102. The fourth-order valence-electron chi connectivity index (χ4n) is 2.72. The first-order valence-electron chi connectivity index (χ1n) is 6.96. The lowest BCUT2D eigenvalue weighted by atomic mass is 9.82. The first kappa shape index (κ1) is 14.1. The zero-order chi connectivity index (χ0) is 15.5. The Bertz CT molecular complexity index is 743. The number of nitrogens with zero attached hydrogens (tertiary/aromatic N) is 2. The predicted molar refractivity (Wildman–Crippen MR) is 83.9 cm³/mol. The number of benzene rings is 1. The van der Waals surface area contributed by atoms with Crippen molar-refractivity contribution in [3.8, 4) is 0 Å². The molecule has 3 rings (SSSR count). The van der Waals surface area contributed by atoms with Gasteiger partial charge in [0.15, 0.2) is 12.0 Å². The summed E-state index contributed by atoms with van der Waals surface area (Å²) < 4.78 is 5.58. The van der Waals surface area contributed by atoms with Crippen LogP contribution in [-0.4, -0.2) is 18.0 Å². The van der Waals surface area contributed by atoms with Gasteiger partial charge in [-0.15, -0.1) is 5.10 Å². The van der Waals surface area contributed by atoms with E-state index >= 15 is 0 Å². The van der Waals surface area contributed by atoms with Crippen LogP contribution in [0, 0.1) is 0 Å². The maximum absolute atomic E-state index is 10.9. The summed E-state index contributed by atoms with van der Waals surface area (Å²) in [7, 11) is 0. The molecule has 0 spiro atoms. The lowest BCUT2D eigenvalue weighted by Crippen LogP contribution is -2.23. The molecule has 1 aromatic heterocycles. The van der Waals surface area contributed by atoms with Crippen molar-refractivity contribution in [3.63, 3.8) is 0 Å². The third-order valence-corrected chi connectivity index (χ3v) is 3.68. The summed E-state index contributed by atoms with van der Waals surface area (Å²) in [4.78, 5) is 10.9. The van der Waals surface area contributed by atoms with Gasteiger partial charge in [-0.3, -0.25) is 4.79 Å². The first-order valence-corrected chi connectivity index (χ1v) is 6.96. The summed E-state index contributed by atoms with van der Waals surface area (Å²) in [6.45, 7) is 0. The molecule has 22 heavy (non-hydrogen) atoms. The van der Waals surface area contributed by atoms with E-state index in [1.807, 2.05) is 18.2 Å². The van der Waals surface area contributed by atoms with E-state index in [0.29, 0.717) is 19.1 Å². The van der Waals surface area contributed by atoms with Gasteiger partial charge in [-0.2, -0.15) is 5.10 Å². The van der Waals surface area contributed by atoms with Crippen LogP contribution in [0.3, 0.4) is 0 Å². The molecule has 4 N–H and O–H groups in total. The van der Waals surface area contributed by atoms with E-state index in [0.717, 1.165) is 17.0 Å². The molecule has 112 valence electrons. The first-order chi connectivity index (χ1) is 10.7. The molecule has 6 heteroatoms. The SMILES string of the molecule is NC(N)=NN=C1CC(c2ccccc2)Cc2oc(C=O)cc21. The molecule has 0 aliphatic heterocycles. The van der Waals surface area contributed by atoms with Crippen molar-refractivity contribution in [2.24, 2.45) is 21.7 Å². The van der Waals surface area contributed by atoms with E-state index in [1.54, 1.807) is 6.07 Å². The smallest absolute Gasteiger partial charge is 0.211 e. The number of hydrogen-bond donors (Lipinski definition) is 2. The zero-order valence-electron chi connectivity index (χ0n) is 11.9. The van der Waals surface area contributed by atoms with Crippen LogP contribution in [0.15, 0.2) is 51.0 Å². The zero-order valence-corrected chi connectivity index (χ0v) is 11.9. The van der Waals surface area contributed by atoms with Crippen LogP contribution in [0.4, 0.5) is 0 Å². The molecule has 1 unspecified atom stereocenters. The van der Waals surface area contributed by atoms with Crippen molar-refractivity contribution in [2.45, 2.75) is 18.8 Å². The number of furan rings is 1. The van der Waals surface area contributed by atoms with Gasteiger partial charge in [0.2, 0.25) is 5.96 Å². The molecule has 2 aromatic rings. The largest absolute Gasteiger partial charge is 0.458 e. The van der Waals surface area contributed by atoms with Crippen molar-refractivity contribution in [1.29, 1.82) is 0 Å². The molecular weight excluding hydrogens is 280 g/mol. The van der Waals surface area contributed by atoms with E-state index in [-0.39, 0.29) is 17.6 Å².